The smallest absolute Gasteiger partial charge is 0.0144 e. The molecule has 0 aromatic rings. The molecule has 2 unspecified atom stereocenters. The predicted molar refractivity (Wildman–Crippen MR) is 59.7 cm³/mol. The van der Waals surface area contributed by atoms with Gasteiger partial charge >= 0.3 is 0 Å². The van der Waals surface area contributed by atoms with E-state index in [0.717, 1.165) is 11.8 Å². The maximum Gasteiger partial charge on any atom is -0.0144 e. The van der Waals surface area contributed by atoms with Crippen molar-refractivity contribution >= 4 is 0 Å². The maximum absolute atomic E-state index is 2.44. The van der Waals surface area contributed by atoms with Gasteiger partial charge in [0.1, 0.15) is 0 Å². The van der Waals surface area contributed by atoms with Gasteiger partial charge < -0.3 is 0 Å². The van der Waals surface area contributed by atoms with Crippen molar-refractivity contribution in [1.29, 1.82) is 0 Å². The Bertz CT molecular complexity index is 176. The number of allylic oxidation sites excluding steroid dienone is 2. The lowest BCUT2D eigenvalue weighted by molar-refractivity contribution is 0.258. The van der Waals surface area contributed by atoms with E-state index in [2.05, 4.69) is 39.8 Å². The van der Waals surface area contributed by atoms with Crippen molar-refractivity contribution < 1.29 is 0 Å². The van der Waals surface area contributed by atoms with E-state index in [1.807, 2.05) is 0 Å². The molecular weight excluding hydrogens is 156 g/mol. The van der Waals surface area contributed by atoms with Gasteiger partial charge in [0, 0.05) is 0 Å². The molecular formula is C13H24. The topological polar surface area (TPSA) is 0 Å². The third-order valence-electron chi connectivity index (χ3n) is 3.73. The number of hydrogen-bond donors (Lipinski definition) is 0. The van der Waals surface area contributed by atoms with Crippen molar-refractivity contribution in [3.63, 3.8) is 0 Å². The molecule has 76 valence electrons. The SMILES string of the molecule is CCCCCC1C=CC(C)(C)C1C. The fourth-order valence-electron chi connectivity index (χ4n) is 2.22. The van der Waals surface area contributed by atoms with Crippen molar-refractivity contribution in [3.8, 4) is 0 Å². The molecule has 0 aromatic carbocycles. The maximum atomic E-state index is 2.44. The van der Waals surface area contributed by atoms with Crippen LogP contribution in [0.5, 0.6) is 0 Å². The van der Waals surface area contributed by atoms with E-state index in [4.69, 9.17) is 0 Å². The van der Waals surface area contributed by atoms with E-state index in [9.17, 15) is 0 Å². The second-order valence-corrected chi connectivity index (χ2v) is 5.13. The van der Waals surface area contributed by atoms with Crippen LogP contribution in [-0.2, 0) is 0 Å². The highest BCUT2D eigenvalue weighted by molar-refractivity contribution is 5.10. The summed E-state index contributed by atoms with van der Waals surface area (Å²) in [6.07, 6.45) is 10.4. The third kappa shape index (κ3) is 2.59. The summed E-state index contributed by atoms with van der Waals surface area (Å²) < 4.78 is 0. The van der Waals surface area contributed by atoms with Gasteiger partial charge in [0.05, 0.1) is 0 Å². The molecule has 1 aliphatic carbocycles. The summed E-state index contributed by atoms with van der Waals surface area (Å²) in [5.74, 6) is 1.69. The fourth-order valence-corrected chi connectivity index (χ4v) is 2.22. The Morgan fingerprint density at radius 1 is 1.23 bits per heavy atom. The number of unbranched alkanes of at least 4 members (excludes halogenated alkanes) is 2. The highest BCUT2D eigenvalue weighted by Crippen LogP contribution is 2.42. The minimum Gasteiger partial charge on any atom is -0.0846 e. The minimum absolute atomic E-state index is 0.441. The highest BCUT2D eigenvalue weighted by Gasteiger charge is 2.33. The second kappa shape index (κ2) is 4.30. The first-order valence-electron chi connectivity index (χ1n) is 5.77. The summed E-state index contributed by atoms with van der Waals surface area (Å²) in [6, 6.07) is 0. The van der Waals surface area contributed by atoms with Crippen LogP contribution in [0.4, 0.5) is 0 Å². The van der Waals surface area contributed by atoms with E-state index in [1.54, 1.807) is 0 Å². The van der Waals surface area contributed by atoms with E-state index in [-0.39, 0.29) is 0 Å². The molecule has 0 nitrogen and oxygen atoms in total. The molecule has 0 saturated heterocycles. The molecule has 0 aromatic heterocycles. The van der Waals surface area contributed by atoms with Gasteiger partial charge in [-0.1, -0.05) is 59.1 Å². The summed E-state index contributed by atoms with van der Waals surface area (Å²) in [4.78, 5) is 0. The van der Waals surface area contributed by atoms with Gasteiger partial charge in [-0.05, 0) is 23.7 Å². The Hall–Kier alpha value is -0.260. The van der Waals surface area contributed by atoms with Gasteiger partial charge in [-0.2, -0.15) is 0 Å². The Labute approximate surface area is 83.4 Å². The number of hydrogen-bond acceptors (Lipinski definition) is 0. The van der Waals surface area contributed by atoms with Gasteiger partial charge in [0.25, 0.3) is 0 Å². The molecule has 1 aliphatic rings. The number of rotatable bonds is 4. The Kier molecular flexibility index (Phi) is 3.58. The van der Waals surface area contributed by atoms with Crippen LogP contribution >= 0.6 is 0 Å². The van der Waals surface area contributed by atoms with Gasteiger partial charge in [-0.25, -0.2) is 0 Å². The van der Waals surface area contributed by atoms with Crippen molar-refractivity contribution in [1.82, 2.24) is 0 Å². The quantitative estimate of drug-likeness (QED) is 0.444. The largest absolute Gasteiger partial charge is 0.0846 e. The van der Waals surface area contributed by atoms with Crippen LogP contribution in [0.25, 0.3) is 0 Å². The molecule has 13 heavy (non-hydrogen) atoms. The molecule has 0 N–H and O–H groups in total. The molecule has 0 amide bonds. The monoisotopic (exact) mass is 180 g/mol. The van der Waals surface area contributed by atoms with Crippen LogP contribution in [0.15, 0.2) is 12.2 Å². The molecule has 0 bridgehead atoms. The zero-order valence-electron chi connectivity index (χ0n) is 9.64. The summed E-state index contributed by atoms with van der Waals surface area (Å²) in [6.45, 7) is 9.39. The molecule has 0 fully saturated rings. The van der Waals surface area contributed by atoms with Gasteiger partial charge in [-0.15, -0.1) is 0 Å². The molecule has 0 saturated carbocycles. The summed E-state index contributed by atoms with van der Waals surface area (Å²) in [5.41, 5.74) is 0.441. The fraction of sp³-hybridized carbons (Fsp3) is 0.846. The lowest BCUT2D eigenvalue weighted by atomic mass is 9.78. The molecule has 1 rings (SSSR count). The zero-order chi connectivity index (χ0) is 9.90. The second-order valence-electron chi connectivity index (χ2n) is 5.13. The van der Waals surface area contributed by atoms with Crippen LogP contribution in [-0.4, -0.2) is 0 Å². The van der Waals surface area contributed by atoms with Crippen LogP contribution in [0.1, 0.15) is 53.4 Å². The highest BCUT2D eigenvalue weighted by atomic mass is 14.4. The van der Waals surface area contributed by atoms with Crippen molar-refractivity contribution in [2.24, 2.45) is 17.3 Å². The molecule has 2 atom stereocenters. The molecule has 0 radical (unpaired) electrons. The minimum atomic E-state index is 0.441. The predicted octanol–water partition coefficient (Wildman–Crippen LogP) is 4.42. The van der Waals surface area contributed by atoms with Crippen LogP contribution in [0.3, 0.4) is 0 Å². The average molecular weight is 180 g/mol. The summed E-state index contributed by atoms with van der Waals surface area (Å²) >= 11 is 0. The Morgan fingerprint density at radius 2 is 1.92 bits per heavy atom. The van der Waals surface area contributed by atoms with Crippen LogP contribution in [0, 0.1) is 17.3 Å². The van der Waals surface area contributed by atoms with Gasteiger partial charge in [-0.3, -0.25) is 0 Å². The zero-order valence-corrected chi connectivity index (χ0v) is 9.64. The summed E-state index contributed by atoms with van der Waals surface area (Å²) in [7, 11) is 0. The average Bonchev–Trinajstić information content (AvgIpc) is 2.32. The first-order chi connectivity index (χ1) is 6.08. The third-order valence-corrected chi connectivity index (χ3v) is 3.73. The van der Waals surface area contributed by atoms with E-state index in [0.29, 0.717) is 5.41 Å². The Morgan fingerprint density at radius 3 is 2.38 bits per heavy atom. The summed E-state index contributed by atoms with van der Waals surface area (Å²) in [5, 5.41) is 0. The lowest BCUT2D eigenvalue weighted by Crippen LogP contribution is -2.19. The molecule has 0 spiro atoms. The van der Waals surface area contributed by atoms with E-state index >= 15 is 0 Å². The van der Waals surface area contributed by atoms with Crippen molar-refractivity contribution in [2.45, 2.75) is 53.4 Å². The van der Waals surface area contributed by atoms with E-state index < -0.39 is 0 Å². The van der Waals surface area contributed by atoms with Crippen molar-refractivity contribution in [2.75, 3.05) is 0 Å². The van der Waals surface area contributed by atoms with Crippen LogP contribution < -0.4 is 0 Å². The van der Waals surface area contributed by atoms with Gasteiger partial charge in [0.15, 0.2) is 0 Å². The molecule has 0 heterocycles. The van der Waals surface area contributed by atoms with Crippen molar-refractivity contribution in [3.05, 3.63) is 12.2 Å². The Balaban J connectivity index is 2.34. The normalized spacial score (nSPS) is 31.1. The van der Waals surface area contributed by atoms with Crippen LogP contribution in [0.2, 0.25) is 0 Å². The molecule has 0 heteroatoms. The van der Waals surface area contributed by atoms with Gasteiger partial charge in [0.2, 0.25) is 0 Å². The first kappa shape index (κ1) is 10.8. The van der Waals surface area contributed by atoms with E-state index in [1.165, 1.54) is 25.7 Å². The standard InChI is InChI=1S/C13H24/c1-5-6-7-8-12-9-10-13(3,4)11(12)2/h9-12H,5-8H2,1-4H3. The molecule has 0 aliphatic heterocycles. The first-order valence-corrected chi connectivity index (χ1v) is 5.77. The lowest BCUT2D eigenvalue weighted by Gasteiger charge is -2.27.